The molecule has 0 N–H and O–H groups in total. The smallest absolute Gasteiger partial charge is 0.268 e. The van der Waals surface area contributed by atoms with Crippen molar-refractivity contribution in [2.24, 2.45) is 0 Å². The number of fused-ring (bicyclic) bond motifs is 7. The van der Waals surface area contributed by atoms with E-state index in [-0.39, 0.29) is 26.5 Å². The van der Waals surface area contributed by atoms with Gasteiger partial charge in [-0.1, -0.05) is 226 Å². The van der Waals surface area contributed by atoms with E-state index in [1.807, 2.05) is 18.2 Å². The number of hydrogen-bond donors (Lipinski definition) is 0. The molecule has 0 saturated carbocycles. The van der Waals surface area contributed by atoms with Crippen molar-refractivity contribution in [2.45, 2.75) is 19.3 Å². The predicted molar refractivity (Wildman–Crippen MR) is 350 cm³/mol. The molecule has 0 bridgehead atoms. The molecule has 0 radical (unpaired) electrons. The van der Waals surface area contributed by atoms with E-state index >= 15 is 0 Å². The third kappa shape index (κ3) is 9.40. The molecule has 6 heteroatoms. The maximum Gasteiger partial charge on any atom is 0.268 e. The molecular formula is C81H54N4OPt-2. The molecule has 0 aliphatic heterocycles. The van der Waals surface area contributed by atoms with E-state index in [1.54, 1.807) is 0 Å². The minimum atomic E-state index is -0.153. The molecule has 416 valence electrons. The first kappa shape index (κ1) is 53.3. The number of nitrogens with zero attached hydrogens (tertiary/aromatic N) is 4. The van der Waals surface area contributed by atoms with Crippen molar-refractivity contribution in [1.29, 1.82) is 0 Å². The minimum absolute atomic E-state index is 0. The van der Waals surface area contributed by atoms with Crippen LogP contribution >= 0.6 is 0 Å². The van der Waals surface area contributed by atoms with E-state index in [2.05, 4.69) is 319 Å². The predicted octanol–water partition coefficient (Wildman–Crippen LogP) is 19.9. The Hall–Kier alpha value is -10.5. The molecule has 0 spiro atoms. The average Bonchev–Trinajstić information content (AvgIpc) is 1.70. The summed E-state index contributed by atoms with van der Waals surface area (Å²) in [5.74, 6) is 1.95. The van der Waals surface area contributed by atoms with Gasteiger partial charge in [0.05, 0.1) is 16.7 Å². The fourth-order valence-electron chi connectivity index (χ4n) is 13.0. The van der Waals surface area contributed by atoms with Crippen LogP contribution in [0, 0.1) is 18.5 Å². The van der Waals surface area contributed by atoms with Crippen molar-refractivity contribution in [1.82, 2.24) is 14.1 Å². The van der Waals surface area contributed by atoms with Gasteiger partial charge in [0.1, 0.15) is 5.82 Å². The third-order valence-electron chi connectivity index (χ3n) is 17.2. The van der Waals surface area contributed by atoms with Crippen molar-refractivity contribution >= 4 is 32.8 Å². The second kappa shape index (κ2) is 21.9. The van der Waals surface area contributed by atoms with Gasteiger partial charge in [0, 0.05) is 49.7 Å². The van der Waals surface area contributed by atoms with Gasteiger partial charge in [-0.05, 0) is 149 Å². The summed E-state index contributed by atoms with van der Waals surface area (Å²) in [6.45, 7) is 4.57. The second-order valence-corrected chi connectivity index (χ2v) is 22.7. The maximum atomic E-state index is 6.85. The molecule has 15 aromatic rings. The quantitative estimate of drug-likeness (QED) is 0.0956. The summed E-state index contributed by atoms with van der Waals surface area (Å²) in [5, 5.41) is 2.19. The van der Waals surface area contributed by atoms with Crippen LogP contribution in [0.5, 0.6) is 11.5 Å². The summed E-state index contributed by atoms with van der Waals surface area (Å²) in [6.07, 6.45) is 6.00. The Kier molecular flexibility index (Phi) is 13.4. The molecule has 1 aliphatic carbocycles. The molecule has 3 aromatic heterocycles. The molecule has 0 saturated heterocycles. The second-order valence-electron chi connectivity index (χ2n) is 22.7. The molecule has 12 aromatic carbocycles. The van der Waals surface area contributed by atoms with Gasteiger partial charge in [-0.2, -0.15) is 18.2 Å². The van der Waals surface area contributed by atoms with Crippen LogP contribution in [0.4, 0.5) is 0 Å². The first-order valence-electron chi connectivity index (χ1n) is 29.3. The van der Waals surface area contributed by atoms with Crippen LogP contribution in [0.25, 0.3) is 128 Å². The van der Waals surface area contributed by atoms with Crippen molar-refractivity contribution in [3.63, 3.8) is 0 Å². The number of rotatable bonds is 11. The monoisotopic (exact) mass is 1290 g/mol. The van der Waals surface area contributed by atoms with Gasteiger partial charge < -0.3 is 13.9 Å². The summed E-state index contributed by atoms with van der Waals surface area (Å²) in [5.41, 5.74) is 23.9. The fourth-order valence-corrected chi connectivity index (χ4v) is 13.0. The Morgan fingerprint density at radius 1 is 0.391 bits per heavy atom. The molecule has 1 aliphatic rings. The van der Waals surface area contributed by atoms with Crippen molar-refractivity contribution < 1.29 is 30.4 Å². The molecule has 0 atom stereocenters. The number of imidazole rings is 1. The van der Waals surface area contributed by atoms with Gasteiger partial charge in [-0.3, -0.25) is 4.57 Å². The number of para-hydroxylation sites is 4. The summed E-state index contributed by atoms with van der Waals surface area (Å²) >= 11 is 0. The van der Waals surface area contributed by atoms with E-state index in [4.69, 9.17) is 9.72 Å². The Morgan fingerprint density at radius 3 is 1.49 bits per heavy atom. The van der Waals surface area contributed by atoms with Crippen molar-refractivity contribution in [3.05, 3.63) is 321 Å². The van der Waals surface area contributed by atoms with E-state index in [1.165, 1.54) is 22.3 Å². The number of aromatic nitrogens is 4. The van der Waals surface area contributed by atoms with Crippen LogP contribution < -0.4 is 9.30 Å². The van der Waals surface area contributed by atoms with E-state index in [0.717, 1.165) is 117 Å². The number of ether oxygens (including phenoxy) is 1. The topological polar surface area (TPSA) is 35.9 Å². The Labute approximate surface area is 520 Å². The Bertz CT molecular complexity index is 4850. The van der Waals surface area contributed by atoms with Gasteiger partial charge in [0.2, 0.25) is 0 Å². The van der Waals surface area contributed by atoms with Crippen LogP contribution in [0.1, 0.15) is 25.0 Å². The Balaban J connectivity index is 0.00000638. The zero-order valence-electron chi connectivity index (χ0n) is 47.7. The molecule has 87 heavy (non-hydrogen) atoms. The van der Waals surface area contributed by atoms with Crippen molar-refractivity contribution in [3.8, 4) is 107 Å². The summed E-state index contributed by atoms with van der Waals surface area (Å²) in [4.78, 5) is 5.18. The third-order valence-corrected chi connectivity index (χ3v) is 17.2. The first-order valence-corrected chi connectivity index (χ1v) is 29.3. The number of pyridine rings is 1. The minimum Gasteiger partial charge on any atom is -0.510 e. The zero-order valence-corrected chi connectivity index (χ0v) is 50.0. The van der Waals surface area contributed by atoms with E-state index in [0.29, 0.717) is 11.5 Å². The summed E-state index contributed by atoms with van der Waals surface area (Å²) in [7, 11) is 0. The maximum absolute atomic E-state index is 6.85. The van der Waals surface area contributed by atoms with Crippen molar-refractivity contribution in [2.75, 3.05) is 0 Å². The van der Waals surface area contributed by atoms with E-state index < -0.39 is 0 Å². The molecule has 5 nitrogen and oxygen atoms in total. The molecule has 0 amide bonds. The fraction of sp³-hybridized carbons (Fsp3) is 0.0370. The number of benzene rings is 12. The summed E-state index contributed by atoms with van der Waals surface area (Å²) < 4.78 is 13.4. The first-order chi connectivity index (χ1) is 42.4. The van der Waals surface area contributed by atoms with Crippen LogP contribution in [0.2, 0.25) is 0 Å². The van der Waals surface area contributed by atoms with E-state index in [9.17, 15) is 0 Å². The Morgan fingerprint density at radius 2 is 0.885 bits per heavy atom. The normalized spacial score (nSPS) is 12.3. The van der Waals surface area contributed by atoms with Gasteiger partial charge >= 0.3 is 0 Å². The van der Waals surface area contributed by atoms with Crippen LogP contribution in [-0.4, -0.2) is 14.1 Å². The molecule has 16 rings (SSSR count). The zero-order chi connectivity index (χ0) is 57.3. The largest absolute Gasteiger partial charge is 0.510 e. The number of hydrogen-bond acceptors (Lipinski definition) is 2. The molecule has 3 heterocycles. The van der Waals surface area contributed by atoms with Crippen LogP contribution in [0.3, 0.4) is 0 Å². The summed E-state index contributed by atoms with van der Waals surface area (Å²) in [6, 6.07) is 109. The standard InChI is InChI=1S/C81H54N4O.Pt/c1-81(2)73-37-17-15-33-69(73)72-51-79(82-52-74(72)81)85-75-38-18-16-34-70(75)71-42-41-66(50-78(71)85)86-65-32-21-31-64(49-65)83-53-84(77-40-20-19-39-76(77)83)80-67(62-45-58(54-23-7-3-8-24-54)43-59(46-62)55-25-9-4-10-26-55)35-22-36-68(80)63-47-60(56-27-11-5-12-28-56)44-61(48-63)57-29-13-6-14-30-57;/h3-48,51-52H,1-2H3;/q-2;. The van der Waals surface area contributed by atoms with Gasteiger partial charge in [-0.15, -0.1) is 29.7 Å². The van der Waals surface area contributed by atoms with Gasteiger partial charge in [-0.25, -0.2) is 4.98 Å². The van der Waals surface area contributed by atoms with Crippen LogP contribution in [0.15, 0.2) is 291 Å². The molecule has 0 fully saturated rings. The van der Waals surface area contributed by atoms with Crippen LogP contribution in [-0.2, 0) is 26.5 Å². The SMILES string of the molecule is CC1(C)c2ccccc2-c2cc(-n3c4[c-]c(Oc5[c-]c(-n6[c-][n+](-c7c(-c8cc(-c9ccccc9)cc(-c9ccccc9)c8)cccc7-c7cc(-c8ccccc8)cc(-c8ccccc8)c7)c7ccccc76)ccc5)ccc4c4ccccc43)ncc21.[Pt]. The van der Waals surface area contributed by atoms with Gasteiger partial charge in [0.25, 0.3) is 6.33 Å². The molecule has 0 unspecified atom stereocenters. The molecular weight excluding hydrogens is 1240 g/mol. The average molecular weight is 1290 g/mol. The van der Waals surface area contributed by atoms with Gasteiger partial charge in [0.15, 0.2) is 0 Å².